The lowest BCUT2D eigenvalue weighted by atomic mass is 10.1. The Morgan fingerprint density at radius 1 is 0.882 bits per heavy atom. The molecule has 0 N–H and O–H groups in total. The van der Waals surface area contributed by atoms with Crippen molar-refractivity contribution in [2.75, 3.05) is 0 Å². The Morgan fingerprint density at radius 3 is 1.71 bits per heavy atom. The smallest absolute Gasteiger partial charge is 0.239 e. The fourth-order valence-electron chi connectivity index (χ4n) is 1.92. The fraction of sp³-hybridized carbons (Fsp3) is 0.929. The van der Waals surface area contributed by atoms with Gasteiger partial charge in [-0.25, -0.2) is 0 Å². The molecule has 3 heteroatoms. The highest BCUT2D eigenvalue weighted by Crippen LogP contribution is 2.14. The number of alkyl halides is 1. The lowest BCUT2D eigenvalue weighted by Gasteiger charge is -2.04. The molecule has 0 aromatic rings. The van der Waals surface area contributed by atoms with E-state index in [-0.39, 0.29) is 0 Å². The zero-order valence-electron chi connectivity index (χ0n) is 11.0. The third kappa shape index (κ3) is 12.5. The first-order chi connectivity index (χ1) is 8.18. The molecule has 0 saturated carbocycles. The summed E-state index contributed by atoms with van der Waals surface area (Å²) in [5, 5.41) is -0.895. The molecule has 0 saturated heterocycles. The predicted octanol–water partition coefficient (Wildman–Crippen LogP) is 5.67. The van der Waals surface area contributed by atoms with Crippen LogP contribution in [0.5, 0.6) is 0 Å². The van der Waals surface area contributed by atoms with Crippen LogP contribution in [0.1, 0.15) is 77.6 Å². The molecule has 0 spiro atoms. The summed E-state index contributed by atoms with van der Waals surface area (Å²) in [6.07, 6.45) is 13.7. The number of rotatable bonds is 12. The van der Waals surface area contributed by atoms with Gasteiger partial charge in [0.2, 0.25) is 5.24 Å². The summed E-state index contributed by atoms with van der Waals surface area (Å²) in [4.78, 5) is 10.7. The van der Waals surface area contributed by atoms with Gasteiger partial charge >= 0.3 is 0 Å². The van der Waals surface area contributed by atoms with Crippen molar-refractivity contribution in [1.29, 1.82) is 0 Å². The summed E-state index contributed by atoms with van der Waals surface area (Å²) in [5.41, 5.74) is 0. The molecule has 0 aliphatic heterocycles. The van der Waals surface area contributed by atoms with Crippen LogP contribution >= 0.6 is 23.2 Å². The van der Waals surface area contributed by atoms with Gasteiger partial charge in [0.25, 0.3) is 0 Å². The average Bonchev–Trinajstić information content (AvgIpc) is 2.31. The van der Waals surface area contributed by atoms with E-state index >= 15 is 0 Å². The number of hydrogen-bond acceptors (Lipinski definition) is 1. The van der Waals surface area contributed by atoms with Crippen molar-refractivity contribution in [3.8, 4) is 0 Å². The highest BCUT2D eigenvalue weighted by atomic mass is 35.5. The zero-order chi connectivity index (χ0) is 12.9. The Hall–Kier alpha value is 0.250. The van der Waals surface area contributed by atoms with Gasteiger partial charge in [-0.05, 0) is 18.0 Å². The van der Waals surface area contributed by atoms with Crippen LogP contribution in [0.15, 0.2) is 0 Å². The van der Waals surface area contributed by atoms with E-state index in [1.54, 1.807) is 0 Å². The van der Waals surface area contributed by atoms with Gasteiger partial charge in [-0.1, -0.05) is 71.1 Å². The van der Waals surface area contributed by atoms with Gasteiger partial charge in [-0.2, -0.15) is 0 Å². The maximum absolute atomic E-state index is 10.7. The van der Waals surface area contributed by atoms with Crippen molar-refractivity contribution in [2.24, 2.45) is 0 Å². The monoisotopic (exact) mass is 280 g/mol. The molecule has 0 aromatic heterocycles. The van der Waals surface area contributed by atoms with Crippen LogP contribution in [-0.4, -0.2) is 10.6 Å². The van der Waals surface area contributed by atoms with E-state index in [0.717, 1.165) is 12.8 Å². The Bertz CT molecular complexity index is 183. The second-order valence-corrected chi connectivity index (χ2v) is 5.64. The van der Waals surface area contributed by atoms with Crippen LogP contribution < -0.4 is 0 Å². The molecule has 1 nitrogen and oxygen atoms in total. The molecule has 1 atom stereocenters. The van der Waals surface area contributed by atoms with Crippen LogP contribution in [0.25, 0.3) is 0 Å². The molecule has 17 heavy (non-hydrogen) atoms. The molecular formula is C14H26Cl2O. The lowest BCUT2D eigenvalue weighted by molar-refractivity contribution is -0.111. The lowest BCUT2D eigenvalue weighted by Crippen LogP contribution is -2.06. The molecule has 0 aromatic carbocycles. The molecule has 0 bridgehead atoms. The van der Waals surface area contributed by atoms with Crippen molar-refractivity contribution in [3.05, 3.63) is 0 Å². The van der Waals surface area contributed by atoms with E-state index in [1.807, 2.05) is 0 Å². The molecule has 0 rings (SSSR count). The van der Waals surface area contributed by atoms with Gasteiger partial charge in [0.05, 0.1) is 0 Å². The summed E-state index contributed by atoms with van der Waals surface area (Å²) < 4.78 is 0. The molecule has 0 radical (unpaired) electrons. The molecule has 0 amide bonds. The predicted molar refractivity (Wildman–Crippen MR) is 77.0 cm³/mol. The first-order valence-electron chi connectivity index (χ1n) is 7.02. The minimum absolute atomic E-state index is 0.414. The van der Waals surface area contributed by atoms with Crippen molar-refractivity contribution in [2.45, 2.75) is 82.9 Å². The molecule has 1 unspecified atom stereocenters. The van der Waals surface area contributed by atoms with Crippen molar-refractivity contribution < 1.29 is 4.79 Å². The quantitative estimate of drug-likeness (QED) is 0.256. The van der Waals surface area contributed by atoms with E-state index in [0.29, 0.717) is 0 Å². The summed E-state index contributed by atoms with van der Waals surface area (Å²) >= 11 is 11.0. The van der Waals surface area contributed by atoms with E-state index in [2.05, 4.69) is 6.92 Å². The normalized spacial score (nSPS) is 12.6. The first kappa shape index (κ1) is 17.2. The molecule has 102 valence electrons. The highest BCUT2D eigenvalue weighted by molar-refractivity contribution is 6.69. The van der Waals surface area contributed by atoms with Gasteiger partial charge < -0.3 is 0 Å². The molecular weight excluding hydrogens is 255 g/mol. The van der Waals surface area contributed by atoms with Crippen molar-refractivity contribution >= 4 is 28.4 Å². The van der Waals surface area contributed by atoms with Gasteiger partial charge in [0.15, 0.2) is 0 Å². The van der Waals surface area contributed by atoms with Crippen molar-refractivity contribution in [1.82, 2.24) is 0 Å². The maximum Gasteiger partial charge on any atom is 0.239 e. The fourth-order valence-corrected chi connectivity index (χ4v) is 2.19. The van der Waals surface area contributed by atoms with Crippen LogP contribution in [0.2, 0.25) is 0 Å². The summed E-state index contributed by atoms with van der Waals surface area (Å²) in [6, 6.07) is 0. The summed E-state index contributed by atoms with van der Waals surface area (Å²) in [6.45, 7) is 2.25. The minimum Gasteiger partial charge on any atom is -0.280 e. The third-order valence-electron chi connectivity index (χ3n) is 3.06. The molecule has 0 aliphatic rings. The Kier molecular flexibility index (Phi) is 12.9. The first-order valence-corrected chi connectivity index (χ1v) is 7.83. The SMILES string of the molecule is CCCCCCCCCCCCC(Cl)C(=O)Cl. The number of carbonyl (C=O) groups is 1. The van der Waals surface area contributed by atoms with Crippen LogP contribution in [0.3, 0.4) is 0 Å². The minimum atomic E-state index is -0.481. The Labute approximate surface area is 116 Å². The van der Waals surface area contributed by atoms with Gasteiger partial charge in [0, 0.05) is 0 Å². The van der Waals surface area contributed by atoms with E-state index in [9.17, 15) is 4.79 Å². The standard InChI is InChI=1S/C14H26Cl2O/c1-2-3-4-5-6-7-8-9-10-11-12-13(15)14(16)17/h13H,2-12H2,1H3. The number of carbonyl (C=O) groups excluding carboxylic acids is 1. The second-order valence-electron chi connectivity index (χ2n) is 4.74. The van der Waals surface area contributed by atoms with E-state index < -0.39 is 10.6 Å². The van der Waals surface area contributed by atoms with Gasteiger partial charge in [-0.15, -0.1) is 11.6 Å². The molecule has 0 aliphatic carbocycles. The number of halogens is 2. The largest absolute Gasteiger partial charge is 0.280 e. The molecule has 0 heterocycles. The summed E-state index contributed by atoms with van der Waals surface area (Å²) in [7, 11) is 0. The van der Waals surface area contributed by atoms with Crippen LogP contribution in [-0.2, 0) is 4.79 Å². The van der Waals surface area contributed by atoms with Gasteiger partial charge in [-0.3, -0.25) is 4.79 Å². The van der Waals surface area contributed by atoms with Gasteiger partial charge in [0.1, 0.15) is 5.38 Å². The van der Waals surface area contributed by atoms with E-state index in [4.69, 9.17) is 23.2 Å². The number of hydrogen-bond donors (Lipinski definition) is 0. The average molecular weight is 281 g/mol. The van der Waals surface area contributed by atoms with Crippen LogP contribution in [0, 0.1) is 0 Å². The van der Waals surface area contributed by atoms with E-state index in [1.165, 1.54) is 57.8 Å². The molecule has 0 fully saturated rings. The van der Waals surface area contributed by atoms with Crippen molar-refractivity contribution in [3.63, 3.8) is 0 Å². The summed E-state index contributed by atoms with van der Waals surface area (Å²) in [5.74, 6) is 0. The topological polar surface area (TPSA) is 17.1 Å². The highest BCUT2D eigenvalue weighted by Gasteiger charge is 2.10. The van der Waals surface area contributed by atoms with Crippen LogP contribution in [0.4, 0.5) is 0 Å². The second kappa shape index (κ2) is 12.7. The third-order valence-corrected chi connectivity index (χ3v) is 3.85. The number of unbranched alkanes of at least 4 members (excludes halogenated alkanes) is 9. The zero-order valence-corrected chi connectivity index (χ0v) is 12.5. The maximum atomic E-state index is 10.7. The Morgan fingerprint density at radius 2 is 1.29 bits per heavy atom. The Balaban J connectivity index is 3.06.